The molecule has 1 aromatic rings. The third kappa shape index (κ3) is 2.52. The van der Waals surface area contributed by atoms with Crippen LogP contribution in [0.5, 0.6) is 0 Å². The summed E-state index contributed by atoms with van der Waals surface area (Å²) in [5, 5.41) is 0.781. The van der Waals surface area contributed by atoms with Crippen molar-refractivity contribution in [2.75, 3.05) is 0 Å². The Bertz CT molecular complexity index is 485. The van der Waals surface area contributed by atoms with Gasteiger partial charge in [-0.3, -0.25) is 19.8 Å². The molecule has 0 aromatic heterocycles. The number of carbonyl (C=O) groups is 3. The number of nitrogens with zero attached hydrogens (tertiary/aromatic N) is 1. The van der Waals surface area contributed by atoms with E-state index in [2.05, 4.69) is 21.4 Å². The van der Waals surface area contributed by atoms with Crippen molar-refractivity contribution in [2.24, 2.45) is 0 Å². The van der Waals surface area contributed by atoms with Gasteiger partial charge in [-0.15, -0.1) is 0 Å². The van der Waals surface area contributed by atoms with E-state index in [9.17, 15) is 14.4 Å². The van der Waals surface area contributed by atoms with Crippen molar-refractivity contribution in [2.45, 2.75) is 12.8 Å². The van der Waals surface area contributed by atoms with Crippen LogP contribution in [0.1, 0.15) is 23.2 Å². The van der Waals surface area contributed by atoms with Gasteiger partial charge in [-0.1, -0.05) is 22.0 Å². The summed E-state index contributed by atoms with van der Waals surface area (Å²) in [5.74, 6) is -1.23. The van der Waals surface area contributed by atoms with Gasteiger partial charge in [-0.2, -0.15) is 5.01 Å². The zero-order chi connectivity index (χ0) is 12.4. The summed E-state index contributed by atoms with van der Waals surface area (Å²) in [6, 6.07) is 6.70. The predicted molar refractivity (Wildman–Crippen MR) is 62.7 cm³/mol. The molecule has 0 radical (unpaired) electrons. The molecular formula is C11H9BrN2O3. The van der Waals surface area contributed by atoms with E-state index in [1.165, 1.54) is 0 Å². The van der Waals surface area contributed by atoms with E-state index < -0.39 is 5.91 Å². The standard InChI is InChI=1S/C11H9BrN2O3/c12-8-3-1-2-7(6-8)11(17)13-14-9(15)4-5-10(14)16/h1-3,6H,4-5H2,(H,13,17). The fourth-order valence-corrected chi connectivity index (χ4v) is 1.90. The molecule has 88 valence electrons. The lowest BCUT2D eigenvalue weighted by Crippen LogP contribution is -2.45. The van der Waals surface area contributed by atoms with Crippen LogP contribution in [0.25, 0.3) is 0 Å². The Kier molecular flexibility index (Phi) is 3.23. The lowest BCUT2D eigenvalue weighted by Gasteiger charge is -2.14. The molecule has 17 heavy (non-hydrogen) atoms. The second-order valence-corrected chi connectivity index (χ2v) is 4.49. The molecule has 2 rings (SSSR count). The first-order chi connectivity index (χ1) is 8.08. The van der Waals surface area contributed by atoms with E-state index in [1.807, 2.05) is 0 Å². The highest BCUT2D eigenvalue weighted by molar-refractivity contribution is 9.10. The van der Waals surface area contributed by atoms with E-state index in [4.69, 9.17) is 0 Å². The van der Waals surface area contributed by atoms with Crippen LogP contribution in [0.2, 0.25) is 0 Å². The summed E-state index contributed by atoms with van der Waals surface area (Å²) in [6.45, 7) is 0. The number of carbonyl (C=O) groups excluding carboxylic acids is 3. The number of hydrogen-bond acceptors (Lipinski definition) is 3. The van der Waals surface area contributed by atoms with Crippen molar-refractivity contribution in [3.8, 4) is 0 Å². The summed E-state index contributed by atoms with van der Waals surface area (Å²) in [4.78, 5) is 34.4. The summed E-state index contributed by atoms with van der Waals surface area (Å²) in [6.07, 6.45) is 0.301. The molecule has 0 saturated carbocycles. The summed E-state index contributed by atoms with van der Waals surface area (Å²) in [5.41, 5.74) is 2.68. The molecule has 1 heterocycles. The maximum absolute atomic E-state index is 11.8. The number of hydrazine groups is 1. The first-order valence-corrected chi connectivity index (χ1v) is 5.79. The monoisotopic (exact) mass is 296 g/mol. The Labute approximate surface area is 106 Å². The molecular weight excluding hydrogens is 288 g/mol. The van der Waals surface area contributed by atoms with Crippen molar-refractivity contribution in [1.82, 2.24) is 10.4 Å². The topological polar surface area (TPSA) is 66.5 Å². The van der Waals surface area contributed by atoms with E-state index >= 15 is 0 Å². The fraction of sp³-hybridized carbons (Fsp3) is 0.182. The minimum Gasteiger partial charge on any atom is -0.273 e. The maximum Gasteiger partial charge on any atom is 0.270 e. The van der Waals surface area contributed by atoms with Crippen molar-refractivity contribution < 1.29 is 14.4 Å². The molecule has 0 spiro atoms. The van der Waals surface area contributed by atoms with Crippen LogP contribution >= 0.6 is 15.9 Å². The highest BCUT2D eigenvalue weighted by Gasteiger charge is 2.30. The minimum atomic E-state index is -0.477. The van der Waals surface area contributed by atoms with Crippen LogP contribution in [0.15, 0.2) is 28.7 Å². The molecule has 1 fully saturated rings. The van der Waals surface area contributed by atoms with Crippen LogP contribution < -0.4 is 5.43 Å². The summed E-state index contributed by atoms with van der Waals surface area (Å²) in [7, 11) is 0. The number of hydrogen-bond donors (Lipinski definition) is 1. The van der Waals surface area contributed by atoms with Gasteiger partial charge in [0.25, 0.3) is 5.91 Å². The highest BCUT2D eigenvalue weighted by Crippen LogP contribution is 2.13. The number of nitrogens with one attached hydrogen (secondary N) is 1. The molecule has 1 N–H and O–H groups in total. The first kappa shape index (κ1) is 11.8. The van der Waals surface area contributed by atoms with E-state index in [0.717, 1.165) is 9.48 Å². The number of imide groups is 1. The molecule has 6 heteroatoms. The van der Waals surface area contributed by atoms with Crippen LogP contribution in [-0.4, -0.2) is 22.7 Å². The van der Waals surface area contributed by atoms with Crippen LogP contribution in [0, 0.1) is 0 Å². The average molecular weight is 297 g/mol. The third-order valence-corrected chi connectivity index (χ3v) is 2.84. The third-order valence-electron chi connectivity index (χ3n) is 2.35. The molecule has 3 amide bonds. The summed E-state index contributed by atoms with van der Waals surface area (Å²) < 4.78 is 0.754. The van der Waals surface area contributed by atoms with E-state index in [1.54, 1.807) is 24.3 Å². The summed E-state index contributed by atoms with van der Waals surface area (Å²) >= 11 is 3.24. The number of halogens is 1. The molecule has 0 atom stereocenters. The van der Waals surface area contributed by atoms with Gasteiger partial charge < -0.3 is 0 Å². The molecule has 1 aliphatic rings. The molecule has 0 aliphatic carbocycles. The van der Waals surface area contributed by atoms with Gasteiger partial charge in [0.05, 0.1) is 0 Å². The van der Waals surface area contributed by atoms with Gasteiger partial charge >= 0.3 is 0 Å². The van der Waals surface area contributed by atoms with Gasteiger partial charge in [0.1, 0.15) is 0 Å². The van der Waals surface area contributed by atoms with E-state index in [-0.39, 0.29) is 24.7 Å². The normalized spacial score (nSPS) is 15.2. The lowest BCUT2D eigenvalue weighted by atomic mass is 10.2. The Morgan fingerprint density at radius 1 is 1.24 bits per heavy atom. The number of amides is 3. The lowest BCUT2D eigenvalue weighted by molar-refractivity contribution is -0.141. The molecule has 1 aliphatic heterocycles. The van der Waals surface area contributed by atoms with Crippen molar-refractivity contribution in [1.29, 1.82) is 0 Å². The van der Waals surface area contributed by atoms with Crippen molar-refractivity contribution in [3.05, 3.63) is 34.3 Å². The SMILES string of the molecule is O=C(NN1C(=O)CCC1=O)c1cccc(Br)c1. The van der Waals surface area contributed by atoms with Gasteiger partial charge in [-0.25, -0.2) is 0 Å². The van der Waals surface area contributed by atoms with Gasteiger partial charge in [-0.05, 0) is 18.2 Å². The first-order valence-electron chi connectivity index (χ1n) is 5.00. The van der Waals surface area contributed by atoms with Crippen LogP contribution in [0.4, 0.5) is 0 Å². The number of rotatable bonds is 2. The molecule has 5 nitrogen and oxygen atoms in total. The van der Waals surface area contributed by atoms with Crippen LogP contribution in [0.3, 0.4) is 0 Å². The van der Waals surface area contributed by atoms with Gasteiger partial charge in [0, 0.05) is 22.9 Å². The fourth-order valence-electron chi connectivity index (χ4n) is 1.50. The molecule has 1 saturated heterocycles. The smallest absolute Gasteiger partial charge is 0.270 e. The maximum atomic E-state index is 11.8. The zero-order valence-corrected chi connectivity index (χ0v) is 10.4. The Morgan fingerprint density at radius 2 is 1.88 bits per heavy atom. The van der Waals surface area contributed by atoms with Gasteiger partial charge in [0.15, 0.2) is 0 Å². The molecule has 1 aromatic carbocycles. The second-order valence-electron chi connectivity index (χ2n) is 3.57. The average Bonchev–Trinajstić information content (AvgIpc) is 2.61. The quantitative estimate of drug-likeness (QED) is 0.835. The Balaban J connectivity index is 2.12. The zero-order valence-electron chi connectivity index (χ0n) is 8.77. The van der Waals surface area contributed by atoms with Crippen LogP contribution in [-0.2, 0) is 9.59 Å². The van der Waals surface area contributed by atoms with E-state index in [0.29, 0.717) is 5.56 Å². The Morgan fingerprint density at radius 3 is 2.47 bits per heavy atom. The molecule has 0 bridgehead atoms. The highest BCUT2D eigenvalue weighted by atomic mass is 79.9. The van der Waals surface area contributed by atoms with Crippen molar-refractivity contribution >= 4 is 33.7 Å². The second kappa shape index (κ2) is 4.67. The predicted octanol–water partition coefficient (Wildman–Crippen LogP) is 1.24. The largest absolute Gasteiger partial charge is 0.273 e. The Hall–Kier alpha value is -1.69. The minimum absolute atomic E-state index is 0.150. The molecule has 0 unspecified atom stereocenters. The number of benzene rings is 1. The van der Waals surface area contributed by atoms with Gasteiger partial charge in [0.2, 0.25) is 11.8 Å². The van der Waals surface area contributed by atoms with Crippen molar-refractivity contribution in [3.63, 3.8) is 0 Å².